The first kappa shape index (κ1) is 24.4. The summed E-state index contributed by atoms with van der Waals surface area (Å²) in [5.41, 5.74) is 0.528. The van der Waals surface area contributed by atoms with Crippen LogP contribution in [0.2, 0.25) is 0 Å². The zero-order valence-electron chi connectivity index (χ0n) is 18.8. The van der Waals surface area contributed by atoms with E-state index in [4.69, 9.17) is 28.4 Å². The molecule has 0 N–H and O–H groups in total. The first-order valence-electron chi connectivity index (χ1n) is 11.0. The van der Waals surface area contributed by atoms with Crippen LogP contribution in [0.1, 0.15) is 10.4 Å². The Morgan fingerprint density at radius 1 is 0.719 bits per heavy atom. The molecule has 176 valence electrons. The summed E-state index contributed by atoms with van der Waals surface area (Å²) in [4.78, 5) is 15.2. The minimum Gasteiger partial charge on any atom is -0.496 e. The Morgan fingerprint density at radius 3 is 1.62 bits per heavy atom. The van der Waals surface area contributed by atoms with Gasteiger partial charge in [-0.2, -0.15) is 0 Å². The Hall–Kier alpha value is -2.23. The number of fused-ring (bicyclic) bond motifs is 1. The summed E-state index contributed by atoms with van der Waals surface area (Å²) in [5, 5.41) is 2.02. The number of amides is 1. The quantitative estimate of drug-likeness (QED) is 0.700. The highest BCUT2D eigenvalue weighted by molar-refractivity contribution is 6.01. The van der Waals surface area contributed by atoms with Gasteiger partial charge in [-0.25, -0.2) is 0 Å². The van der Waals surface area contributed by atoms with E-state index in [9.17, 15) is 4.79 Å². The molecule has 0 bridgehead atoms. The lowest BCUT2D eigenvalue weighted by atomic mass is 10.0. The second kappa shape index (κ2) is 14.0. The highest BCUT2D eigenvalue weighted by Crippen LogP contribution is 2.27. The Kier molecular flexibility index (Phi) is 10.7. The SMILES string of the molecule is COc1cc2ccccc2cc1C(=O)N1CCOCCOCCOCCOCCOCC1. The van der Waals surface area contributed by atoms with E-state index in [0.717, 1.165) is 10.8 Å². The van der Waals surface area contributed by atoms with E-state index in [0.29, 0.717) is 90.5 Å². The van der Waals surface area contributed by atoms with Crippen LogP contribution < -0.4 is 4.74 Å². The van der Waals surface area contributed by atoms with Crippen molar-refractivity contribution in [2.45, 2.75) is 0 Å². The number of nitrogens with zero attached hydrogens (tertiary/aromatic N) is 1. The fourth-order valence-electron chi connectivity index (χ4n) is 3.37. The maximum absolute atomic E-state index is 13.4. The van der Waals surface area contributed by atoms with Crippen molar-refractivity contribution in [3.05, 3.63) is 42.0 Å². The Balaban J connectivity index is 1.66. The molecule has 0 radical (unpaired) electrons. The van der Waals surface area contributed by atoms with Crippen molar-refractivity contribution in [3.63, 3.8) is 0 Å². The lowest BCUT2D eigenvalue weighted by Crippen LogP contribution is -2.37. The van der Waals surface area contributed by atoms with Crippen LogP contribution in [0.4, 0.5) is 0 Å². The van der Waals surface area contributed by atoms with E-state index in [1.165, 1.54) is 0 Å². The van der Waals surface area contributed by atoms with Crippen LogP contribution in [0.25, 0.3) is 10.8 Å². The molecule has 0 aromatic heterocycles. The number of ether oxygens (including phenoxy) is 6. The number of carbonyl (C=O) groups excluding carboxylic acids is 1. The molecule has 1 amide bonds. The Bertz CT molecular complexity index is 811. The fraction of sp³-hybridized carbons (Fsp3) is 0.542. The van der Waals surface area contributed by atoms with Gasteiger partial charge in [0, 0.05) is 13.1 Å². The molecule has 1 fully saturated rings. The minimum atomic E-state index is -0.112. The summed E-state index contributed by atoms with van der Waals surface area (Å²) in [6.07, 6.45) is 0. The van der Waals surface area contributed by atoms with Crippen molar-refractivity contribution in [3.8, 4) is 5.75 Å². The van der Waals surface area contributed by atoms with Gasteiger partial charge in [0.1, 0.15) is 5.75 Å². The third kappa shape index (κ3) is 7.72. The number of rotatable bonds is 2. The van der Waals surface area contributed by atoms with Crippen LogP contribution in [0, 0.1) is 0 Å². The zero-order valence-corrected chi connectivity index (χ0v) is 18.8. The first-order chi connectivity index (χ1) is 15.8. The summed E-state index contributed by atoms with van der Waals surface area (Å²) in [7, 11) is 1.58. The van der Waals surface area contributed by atoms with Gasteiger partial charge >= 0.3 is 0 Å². The maximum Gasteiger partial charge on any atom is 0.257 e. The fourth-order valence-corrected chi connectivity index (χ4v) is 3.37. The molecule has 0 spiro atoms. The van der Waals surface area contributed by atoms with Gasteiger partial charge in [-0.1, -0.05) is 24.3 Å². The van der Waals surface area contributed by atoms with Gasteiger partial charge in [0.05, 0.1) is 78.7 Å². The Labute approximate surface area is 189 Å². The molecule has 0 atom stereocenters. The molecule has 8 heteroatoms. The highest BCUT2D eigenvalue weighted by Gasteiger charge is 2.20. The molecular formula is C24H33NO7. The van der Waals surface area contributed by atoms with E-state index < -0.39 is 0 Å². The molecule has 1 aliphatic rings. The minimum absolute atomic E-state index is 0.112. The van der Waals surface area contributed by atoms with Gasteiger partial charge in [-0.15, -0.1) is 0 Å². The molecule has 1 aliphatic heterocycles. The summed E-state index contributed by atoms with van der Waals surface area (Å²) in [6, 6.07) is 11.7. The van der Waals surface area contributed by atoms with Crippen LogP contribution in [-0.2, 0) is 23.7 Å². The van der Waals surface area contributed by atoms with Gasteiger partial charge in [-0.3, -0.25) is 4.79 Å². The van der Waals surface area contributed by atoms with Crippen LogP contribution in [-0.4, -0.2) is 97.1 Å². The third-order valence-electron chi connectivity index (χ3n) is 5.08. The van der Waals surface area contributed by atoms with Gasteiger partial charge in [0.25, 0.3) is 5.91 Å². The summed E-state index contributed by atoms with van der Waals surface area (Å²) in [6.45, 7) is 5.65. The lowest BCUT2D eigenvalue weighted by molar-refractivity contribution is -0.0176. The second-order valence-corrected chi connectivity index (χ2v) is 7.25. The van der Waals surface area contributed by atoms with Crippen molar-refractivity contribution in [2.75, 3.05) is 86.3 Å². The van der Waals surface area contributed by atoms with E-state index in [2.05, 4.69) is 0 Å². The molecule has 1 saturated heterocycles. The predicted molar refractivity (Wildman–Crippen MR) is 120 cm³/mol. The van der Waals surface area contributed by atoms with Gasteiger partial charge in [-0.05, 0) is 22.9 Å². The molecule has 0 saturated carbocycles. The summed E-state index contributed by atoms with van der Waals surface area (Å²) in [5.74, 6) is 0.442. The monoisotopic (exact) mass is 447 g/mol. The van der Waals surface area contributed by atoms with Gasteiger partial charge in [0.15, 0.2) is 0 Å². The van der Waals surface area contributed by atoms with Gasteiger partial charge < -0.3 is 33.3 Å². The number of benzene rings is 2. The molecule has 2 aromatic rings. The first-order valence-corrected chi connectivity index (χ1v) is 11.0. The topological polar surface area (TPSA) is 75.7 Å². The summed E-state index contributed by atoms with van der Waals surface area (Å²) < 4.78 is 33.3. The molecule has 32 heavy (non-hydrogen) atoms. The number of hydrogen-bond acceptors (Lipinski definition) is 7. The molecule has 2 aromatic carbocycles. The smallest absolute Gasteiger partial charge is 0.257 e. The predicted octanol–water partition coefficient (Wildman–Crippen LogP) is 2.39. The summed E-state index contributed by atoms with van der Waals surface area (Å²) >= 11 is 0. The molecule has 0 aliphatic carbocycles. The van der Waals surface area contributed by atoms with Crippen molar-refractivity contribution < 1.29 is 33.2 Å². The van der Waals surface area contributed by atoms with Crippen molar-refractivity contribution in [2.24, 2.45) is 0 Å². The average molecular weight is 448 g/mol. The van der Waals surface area contributed by atoms with Crippen molar-refractivity contribution >= 4 is 16.7 Å². The van der Waals surface area contributed by atoms with E-state index >= 15 is 0 Å². The molecule has 8 nitrogen and oxygen atoms in total. The van der Waals surface area contributed by atoms with Gasteiger partial charge in [0.2, 0.25) is 0 Å². The number of methoxy groups -OCH3 is 1. The average Bonchev–Trinajstić information content (AvgIpc) is 2.82. The largest absolute Gasteiger partial charge is 0.496 e. The van der Waals surface area contributed by atoms with Crippen molar-refractivity contribution in [1.29, 1.82) is 0 Å². The molecule has 1 heterocycles. The molecule has 3 rings (SSSR count). The second-order valence-electron chi connectivity index (χ2n) is 7.25. The molecular weight excluding hydrogens is 414 g/mol. The van der Waals surface area contributed by atoms with Crippen LogP contribution in [0.5, 0.6) is 5.75 Å². The maximum atomic E-state index is 13.4. The highest BCUT2D eigenvalue weighted by atomic mass is 16.6. The van der Waals surface area contributed by atoms with E-state index in [-0.39, 0.29) is 5.91 Å². The number of hydrogen-bond donors (Lipinski definition) is 0. The normalized spacial score (nSPS) is 18.6. The van der Waals surface area contributed by atoms with Crippen LogP contribution in [0.3, 0.4) is 0 Å². The van der Waals surface area contributed by atoms with E-state index in [1.807, 2.05) is 36.4 Å². The van der Waals surface area contributed by atoms with E-state index in [1.54, 1.807) is 12.0 Å². The standard InChI is InChI=1S/C24H33NO7/c1-27-23-19-21-5-3-2-4-20(21)18-22(23)24(26)25-6-8-28-10-12-30-14-16-32-17-15-31-13-11-29-9-7-25/h2-5,18-19H,6-17H2,1H3. The number of carbonyl (C=O) groups is 1. The molecule has 0 unspecified atom stereocenters. The zero-order chi connectivity index (χ0) is 22.4. The Morgan fingerprint density at radius 2 is 1.16 bits per heavy atom. The third-order valence-corrected chi connectivity index (χ3v) is 5.08. The van der Waals surface area contributed by atoms with Crippen molar-refractivity contribution in [1.82, 2.24) is 4.90 Å². The van der Waals surface area contributed by atoms with Crippen LogP contribution in [0.15, 0.2) is 36.4 Å². The lowest BCUT2D eigenvalue weighted by Gasteiger charge is -2.24. The van der Waals surface area contributed by atoms with Crippen LogP contribution >= 0.6 is 0 Å².